The van der Waals surface area contributed by atoms with E-state index in [4.69, 9.17) is 4.98 Å². The summed E-state index contributed by atoms with van der Waals surface area (Å²) >= 11 is 0. The molecule has 0 aliphatic carbocycles. The van der Waals surface area contributed by atoms with Crippen molar-refractivity contribution < 1.29 is 22.4 Å². The molecule has 60 heavy (non-hydrogen) atoms. The van der Waals surface area contributed by atoms with Crippen LogP contribution in [0.1, 0.15) is 101 Å². The van der Waals surface area contributed by atoms with Gasteiger partial charge in [-0.05, 0) is 105 Å². The Morgan fingerprint density at radius 2 is 0.800 bits per heavy atom. The Morgan fingerprint density at radius 1 is 0.400 bits per heavy atom. The quantitative estimate of drug-likeness (QED) is 0.106. The Morgan fingerprint density at radius 3 is 1.25 bits per heavy atom. The van der Waals surface area contributed by atoms with E-state index in [-0.39, 0.29) is 22.4 Å². The molecule has 1 aromatic heterocycles. The third kappa shape index (κ3) is 8.30. The normalized spacial score (nSPS) is 12.3. The zero-order valence-corrected chi connectivity index (χ0v) is 38.2. The molecule has 2 heterocycles. The zero-order chi connectivity index (χ0) is 41.2. The van der Waals surface area contributed by atoms with E-state index in [2.05, 4.69) is 222 Å². The maximum Gasteiger partial charge on any atom is 0.0466 e. The van der Waals surface area contributed by atoms with Gasteiger partial charge in [-0.15, -0.1) is 17.7 Å². The molecule has 1 radical (unpaired) electrons. The number of rotatable bonds is 9. The van der Waals surface area contributed by atoms with Crippen molar-refractivity contribution in [2.45, 2.75) is 79.1 Å². The fraction of sp³-hybridized carbons (Fsp3) is 0.218. The SMILES string of the molecule is CC(C)c1cccc(C(C)C)c1N1[CH-]N(c2c(C(C)C)cccc2C(C)C)c2ccccc21.[Au].c1ccc(N(c2ccccc2)c2ccc3[n-]c4ccccc4c3c2)cc1. The summed E-state index contributed by atoms with van der Waals surface area (Å²) in [7, 11) is 0. The summed E-state index contributed by atoms with van der Waals surface area (Å²) in [6.07, 6.45) is 0. The second-order valence-corrected chi connectivity index (χ2v) is 16.9. The number of benzene rings is 7. The molecule has 1 aliphatic rings. The maximum absolute atomic E-state index is 4.74. The topological polar surface area (TPSA) is 23.8 Å². The van der Waals surface area contributed by atoms with Crippen LogP contribution in [0.25, 0.3) is 21.8 Å². The van der Waals surface area contributed by atoms with Crippen LogP contribution in [0, 0.1) is 6.67 Å². The van der Waals surface area contributed by atoms with Gasteiger partial charge in [-0.2, -0.15) is 0 Å². The molecule has 0 saturated carbocycles. The van der Waals surface area contributed by atoms with Crippen LogP contribution in [0.5, 0.6) is 0 Å². The summed E-state index contributed by atoms with van der Waals surface area (Å²) in [6, 6.07) is 58.2. The fourth-order valence-electron chi connectivity index (χ4n) is 8.55. The van der Waals surface area contributed by atoms with Crippen LogP contribution in [-0.2, 0) is 22.4 Å². The largest absolute Gasteiger partial charge is 0.657 e. The van der Waals surface area contributed by atoms with Gasteiger partial charge in [0.2, 0.25) is 0 Å². The van der Waals surface area contributed by atoms with Crippen LogP contribution in [-0.4, -0.2) is 0 Å². The van der Waals surface area contributed by atoms with Crippen molar-refractivity contribution in [3.63, 3.8) is 0 Å². The van der Waals surface area contributed by atoms with Crippen molar-refractivity contribution in [3.8, 4) is 0 Å². The molecule has 309 valence electrons. The second-order valence-electron chi connectivity index (χ2n) is 16.9. The number of fused-ring (bicyclic) bond motifs is 4. The van der Waals surface area contributed by atoms with Gasteiger partial charge in [0.15, 0.2) is 0 Å². The molecule has 0 unspecified atom stereocenters. The zero-order valence-electron chi connectivity index (χ0n) is 36.1. The van der Waals surface area contributed by atoms with E-state index in [1.807, 2.05) is 18.2 Å². The Bertz CT molecular complexity index is 2500. The van der Waals surface area contributed by atoms with E-state index in [9.17, 15) is 0 Å². The van der Waals surface area contributed by atoms with Crippen LogP contribution in [0.4, 0.5) is 39.8 Å². The Hall–Kier alpha value is -5.52. The molecule has 8 aromatic rings. The Balaban J connectivity index is 0.000000183. The molecule has 4 nitrogen and oxygen atoms in total. The van der Waals surface area contributed by atoms with Crippen LogP contribution in [0.3, 0.4) is 0 Å². The molecular weight excluding hydrogens is 914 g/mol. The predicted molar refractivity (Wildman–Crippen MR) is 254 cm³/mol. The molecule has 9 rings (SSSR count). The van der Waals surface area contributed by atoms with Gasteiger partial charge in [0.25, 0.3) is 0 Å². The van der Waals surface area contributed by atoms with Gasteiger partial charge in [0.1, 0.15) is 0 Å². The second kappa shape index (κ2) is 18.4. The maximum atomic E-state index is 4.74. The van der Waals surface area contributed by atoms with Gasteiger partial charge in [-0.25, -0.2) is 0 Å². The van der Waals surface area contributed by atoms with Crippen molar-refractivity contribution in [1.29, 1.82) is 0 Å². The van der Waals surface area contributed by atoms with E-state index < -0.39 is 0 Å². The summed E-state index contributed by atoms with van der Waals surface area (Å²) in [5, 5.41) is 2.39. The minimum absolute atomic E-state index is 0. The molecule has 0 spiro atoms. The molecule has 0 amide bonds. The van der Waals surface area contributed by atoms with Crippen LogP contribution in [0.2, 0.25) is 0 Å². The fourth-order valence-corrected chi connectivity index (χ4v) is 8.55. The summed E-state index contributed by atoms with van der Waals surface area (Å²) in [5.41, 5.74) is 16.3. The van der Waals surface area contributed by atoms with E-state index in [1.165, 1.54) is 55.8 Å². The predicted octanol–water partition coefficient (Wildman–Crippen LogP) is 16.0. The van der Waals surface area contributed by atoms with Crippen LogP contribution in [0.15, 0.2) is 164 Å². The van der Waals surface area contributed by atoms with Gasteiger partial charge in [0, 0.05) is 62.2 Å². The van der Waals surface area contributed by atoms with Gasteiger partial charge in [-0.3, -0.25) is 0 Å². The first-order valence-corrected chi connectivity index (χ1v) is 21.3. The summed E-state index contributed by atoms with van der Waals surface area (Å²) in [5.74, 6) is 1.79. The van der Waals surface area contributed by atoms with E-state index >= 15 is 0 Å². The summed E-state index contributed by atoms with van der Waals surface area (Å²) in [4.78, 5) is 11.9. The first-order valence-electron chi connectivity index (χ1n) is 21.3. The molecule has 0 fully saturated rings. The first-order chi connectivity index (χ1) is 28.6. The van der Waals surface area contributed by atoms with Gasteiger partial charge in [-0.1, -0.05) is 171 Å². The monoisotopic (exact) mass is 969 g/mol. The first kappa shape index (κ1) is 42.6. The average molecular weight is 970 g/mol. The van der Waals surface area contributed by atoms with Crippen LogP contribution >= 0.6 is 0 Å². The Kier molecular flexibility index (Phi) is 13.1. The van der Waals surface area contributed by atoms with Crippen molar-refractivity contribution in [3.05, 3.63) is 193 Å². The van der Waals surface area contributed by atoms with Gasteiger partial charge >= 0.3 is 0 Å². The summed E-state index contributed by atoms with van der Waals surface area (Å²) in [6.45, 7) is 20.7. The van der Waals surface area contributed by atoms with Crippen molar-refractivity contribution in [2.75, 3.05) is 14.7 Å². The molecule has 0 N–H and O–H groups in total. The minimum Gasteiger partial charge on any atom is -0.657 e. The number of anilines is 7. The molecule has 5 heteroatoms. The molecule has 0 atom stereocenters. The number of hydrogen-bond acceptors (Lipinski definition) is 3. The van der Waals surface area contributed by atoms with E-state index in [0.29, 0.717) is 23.7 Å². The average Bonchev–Trinajstić information content (AvgIpc) is 3.82. The molecule has 7 aromatic carbocycles. The Labute approximate surface area is 373 Å². The third-order valence-corrected chi connectivity index (χ3v) is 11.5. The van der Waals surface area contributed by atoms with Crippen LogP contribution < -0.4 is 19.7 Å². The molecule has 0 bridgehead atoms. The van der Waals surface area contributed by atoms with Crippen molar-refractivity contribution in [2.24, 2.45) is 0 Å². The smallest absolute Gasteiger partial charge is 0.0466 e. The number of nitrogens with zero attached hydrogens (tertiary/aromatic N) is 4. The molecule has 1 aliphatic heterocycles. The summed E-state index contributed by atoms with van der Waals surface area (Å²) < 4.78 is 0. The van der Waals surface area contributed by atoms with Crippen molar-refractivity contribution >= 4 is 61.6 Å². The van der Waals surface area contributed by atoms with Gasteiger partial charge in [0.05, 0.1) is 0 Å². The minimum atomic E-state index is 0. The van der Waals surface area contributed by atoms with Gasteiger partial charge < -0.3 is 19.7 Å². The standard InChI is InChI=1S/C31H39N2.C24H17N2.Au/c1-20(2)24-13-11-14-25(21(3)4)30(24)32-19-33(29-18-10-9-17-28(29)32)31-26(22(5)6)15-12-16-27(31)23(7)8;1-3-9-18(10-4-1)26(19-11-5-2-6-12-19)20-15-16-24-22(17-20)21-13-7-8-14-23(21)25-24;/h9-23H,1-8H3;1-17H;/q2*-1;. The third-order valence-electron chi connectivity index (χ3n) is 11.5. The van der Waals surface area contributed by atoms with Crippen molar-refractivity contribution in [1.82, 2.24) is 4.98 Å². The van der Waals surface area contributed by atoms with E-state index in [0.717, 1.165) is 28.1 Å². The molecular formula is C55H56AuN4-2. The number of para-hydroxylation sites is 7. The van der Waals surface area contributed by atoms with E-state index in [1.54, 1.807) is 0 Å². The number of hydrogen-bond donors (Lipinski definition) is 0. The molecule has 0 saturated heterocycles. The number of aromatic nitrogens is 1.